The maximum atomic E-state index is 13.7. The topological polar surface area (TPSA) is 32.3 Å². The molecule has 0 bridgehead atoms. The third-order valence-corrected chi connectivity index (χ3v) is 4.40. The smallest absolute Gasteiger partial charge is 0.127 e. The van der Waals surface area contributed by atoms with Gasteiger partial charge in [0.15, 0.2) is 0 Å². The van der Waals surface area contributed by atoms with Gasteiger partial charge in [-0.05, 0) is 25.8 Å². The van der Waals surface area contributed by atoms with Crippen molar-refractivity contribution in [2.24, 2.45) is 5.41 Å². The van der Waals surface area contributed by atoms with E-state index < -0.39 is 0 Å². The van der Waals surface area contributed by atoms with Gasteiger partial charge >= 0.3 is 0 Å². The number of aliphatic hydroxyl groups is 1. The first-order chi connectivity index (χ1) is 9.17. The molecule has 1 aromatic rings. The second-order valence-corrected chi connectivity index (χ2v) is 5.84. The van der Waals surface area contributed by atoms with E-state index >= 15 is 0 Å². The fourth-order valence-corrected chi connectivity index (χ4v) is 3.00. The maximum Gasteiger partial charge on any atom is 0.127 e. The van der Waals surface area contributed by atoms with Crippen molar-refractivity contribution in [3.8, 4) is 0 Å². The van der Waals surface area contributed by atoms with E-state index in [1.165, 1.54) is 25.3 Å². The number of hydrogen-bond donors (Lipinski definition) is 2. The summed E-state index contributed by atoms with van der Waals surface area (Å²) in [5.41, 5.74) is 0.698. The predicted molar refractivity (Wildman–Crippen MR) is 75.4 cm³/mol. The molecular formula is C16H24FNO. The molecule has 2 nitrogen and oxygen atoms in total. The predicted octanol–water partition coefficient (Wildman–Crippen LogP) is 3.42. The first-order valence-corrected chi connectivity index (χ1v) is 7.26. The molecule has 0 radical (unpaired) electrons. The molecule has 19 heavy (non-hydrogen) atoms. The molecule has 0 amide bonds. The van der Waals surface area contributed by atoms with E-state index in [1.807, 2.05) is 19.1 Å². The van der Waals surface area contributed by atoms with Crippen LogP contribution in [-0.4, -0.2) is 18.3 Å². The number of hydrogen-bond acceptors (Lipinski definition) is 2. The highest BCUT2D eigenvalue weighted by molar-refractivity contribution is 5.20. The van der Waals surface area contributed by atoms with Crippen LogP contribution in [0.5, 0.6) is 0 Å². The van der Waals surface area contributed by atoms with Crippen LogP contribution in [0.1, 0.15) is 50.6 Å². The number of nitrogens with one attached hydrogen (secondary N) is 1. The molecule has 1 aliphatic carbocycles. The van der Waals surface area contributed by atoms with E-state index in [2.05, 4.69) is 5.32 Å². The van der Waals surface area contributed by atoms with Crippen LogP contribution in [0.2, 0.25) is 0 Å². The van der Waals surface area contributed by atoms with Crippen molar-refractivity contribution in [2.45, 2.75) is 45.1 Å². The Morgan fingerprint density at radius 3 is 2.58 bits per heavy atom. The average Bonchev–Trinajstić information content (AvgIpc) is 2.46. The summed E-state index contributed by atoms with van der Waals surface area (Å²) >= 11 is 0. The normalized spacial score (nSPS) is 20.2. The van der Waals surface area contributed by atoms with Crippen molar-refractivity contribution in [1.29, 1.82) is 0 Å². The SMILES string of the molecule is CC(NCC1(CO)CCCCC1)c1ccccc1F. The van der Waals surface area contributed by atoms with Crippen LogP contribution in [0, 0.1) is 11.2 Å². The second kappa shape index (κ2) is 6.49. The van der Waals surface area contributed by atoms with Crippen LogP contribution in [-0.2, 0) is 0 Å². The fraction of sp³-hybridized carbons (Fsp3) is 0.625. The minimum atomic E-state index is -0.163. The highest BCUT2D eigenvalue weighted by Crippen LogP contribution is 2.35. The summed E-state index contributed by atoms with van der Waals surface area (Å²) < 4.78 is 13.7. The molecule has 3 heteroatoms. The number of aliphatic hydroxyl groups excluding tert-OH is 1. The molecule has 0 aliphatic heterocycles. The third kappa shape index (κ3) is 3.54. The highest BCUT2D eigenvalue weighted by Gasteiger charge is 2.31. The lowest BCUT2D eigenvalue weighted by Crippen LogP contribution is -2.40. The van der Waals surface area contributed by atoms with Crippen LogP contribution in [0.25, 0.3) is 0 Å². The summed E-state index contributed by atoms with van der Waals surface area (Å²) in [6.07, 6.45) is 5.79. The molecule has 1 saturated carbocycles. The van der Waals surface area contributed by atoms with Crippen molar-refractivity contribution >= 4 is 0 Å². The Balaban J connectivity index is 1.95. The van der Waals surface area contributed by atoms with Crippen molar-refractivity contribution in [1.82, 2.24) is 5.32 Å². The van der Waals surface area contributed by atoms with Gasteiger partial charge in [0.05, 0.1) is 0 Å². The van der Waals surface area contributed by atoms with E-state index in [1.54, 1.807) is 6.07 Å². The van der Waals surface area contributed by atoms with Gasteiger partial charge in [-0.3, -0.25) is 0 Å². The molecule has 106 valence electrons. The van der Waals surface area contributed by atoms with Crippen molar-refractivity contribution < 1.29 is 9.50 Å². The van der Waals surface area contributed by atoms with Crippen molar-refractivity contribution in [3.05, 3.63) is 35.6 Å². The Morgan fingerprint density at radius 2 is 1.95 bits per heavy atom. The number of halogens is 1. The monoisotopic (exact) mass is 265 g/mol. The van der Waals surface area contributed by atoms with Gasteiger partial charge < -0.3 is 10.4 Å². The molecule has 0 spiro atoms. The Morgan fingerprint density at radius 1 is 1.26 bits per heavy atom. The minimum absolute atomic E-state index is 0.00222. The lowest BCUT2D eigenvalue weighted by atomic mass is 9.74. The van der Waals surface area contributed by atoms with Gasteiger partial charge in [-0.2, -0.15) is 0 Å². The lowest BCUT2D eigenvalue weighted by Gasteiger charge is -2.36. The molecule has 1 fully saturated rings. The zero-order valence-electron chi connectivity index (χ0n) is 11.7. The Kier molecular flexibility index (Phi) is 4.94. The maximum absolute atomic E-state index is 13.7. The van der Waals surface area contributed by atoms with E-state index in [9.17, 15) is 9.50 Å². The van der Waals surface area contributed by atoms with Gasteiger partial charge in [0.2, 0.25) is 0 Å². The van der Waals surface area contributed by atoms with Gasteiger partial charge in [0, 0.05) is 30.2 Å². The van der Waals surface area contributed by atoms with Gasteiger partial charge in [0.1, 0.15) is 5.82 Å². The molecule has 1 aliphatic rings. The average molecular weight is 265 g/mol. The van der Waals surface area contributed by atoms with Crippen molar-refractivity contribution in [3.63, 3.8) is 0 Å². The molecule has 2 rings (SSSR count). The van der Waals surface area contributed by atoms with Gasteiger partial charge in [-0.15, -0.1) is 0 Å². The first kappa shape index (κ1) is 14.5. The summed E-state index contributed by atoms with van der Waals surface area (Å²) in [7, 11) is 0. The summed E-state index contributed by atoms with van der Waals surface area (Å²) in [5, 5.41) is 13.1. The van der Waals surface area contributed by atoms with Crippen LogP contribution < -0.4 is 5.32 Å². The summed E-state index contributed by atoms with van der Waals surface area (Å²) in [6, 6.07) is 6.86. The van der Waals surface area contributed by atoms with Crippen LogP contribution >= 0.6 is 0 Å². The zero-order valence-corrected chi connectivity index (χ0v) is 11.7. The largest absolute Gasteiger partial charge is 0.396 e. The summed E-state index contributed by atoms with van der Waals surface area (Å²) in [4.78, 5) is 0. The minimum Gasteiger partial charge on any atom is -0.396 e. The summed E-state index contributed by atoms with van der Waals surface area (Å²) in [6.45, 7) is 2.97. The fourth-order valence-electron chi connectivity index (χ4n) is 3.00. The molecule has 0 heterocycles. The highest BCUT2D eigenvalue weighted by atomic mass is 19.1. The molecule has 0 aromatic heterocycles. The van der Waals surface area contributed by atoms with Crippen molar-refractivity contribution in [2.75, 3.05) is 13.2 Å². The van der Waals surface area contributed by atoms with Gasteiger partial charge in [-0.1, -0.05) is 37.5 Å². The molecule has 1 aromatic carbocycles. The van der Waals surface area contributed by atoms with Crippen LogP contribution in [0.15, 0.2) is 24.3 Å². The standard InChI is InChI=1S/C16H24FNO/c1-13(14-7-3-4-8-15(14)17)18-11-16(12-19)9-5-2-6-10-16/h3-4,7-8,13,18-19H,2,5-6,9-12H2,1H3. The molecule has 1 atom stereocenters. The molecule has 2 N–H and O–H groups in total. The molecule has 0 saturated heterocycles. The Hall–Kier alpha value is -0.930. The van der Waals surface area contributed by atoms with Gasteiger partial charge in [-0.25, -0.2) is 4.39 Å². The molecular weight excluding hydrogens is 241 g/mol. The number of benzene rings is 1. The van der Waals surface area contributed by atoms with E-state index in [0.29, 0.717) is 5.56 Å². The zero-order chi connectivity index (χ0) is 13.7. The van der Waals surface area contributed by atoms with E-state index in [-0.39, 0.29) is 23.9 Å². The Labute approximate surface area is 115 Å². The lowest BCUT2D eigenvalue weighted by molar-refractivity contribution is 0.0787. The summed E-state index contributed by atoms with van der Waals surface area (Å²) in [5.74, 6) is -0.163. The number of rotatable bonds is 5. The Bertz CT molecular complexity index is 401. The third-order valence-electron chi connectivity index (χ3n) is 4.40. The second-order valence-electron chi connectivity index (χ2n) is 5.84. The van der Waals surface area contributed by atoms with Crippen LogP contribution in [0.3, 0.4) is 0 Å². The quantitative estimate of drug-likeness (QED) is 0.855. The van der Waals surface area contributed by atoms with Gasteiger partial charge in [0.25, 0.3) is 0 Å². The first-order valence-electron chi connectivity index (χ1n) is 7.26. The van der Waals surface area contributed by atoms with Crippen LogP contribution in [0.4, 0.5) is 4.39 Å². The van der Waals surface area contributed by atoms with E-state index in [4.69, 9.17) is 0 Å². The molecule has 1 unspecified atom stereocenters. The van der Waals surface area contributed by atoms with E-state index in [0.717, 1.165) is 19.4 Å².